The summed E-state index contributed by atoms with van der Waals surface area (Å²) in [7, 11) is 0. The normalized spacial score (nSPS) is 10.1. The van der Waals surface area contributed by atoms with Gasteiger partial charge in [0.2, 0.25) is 0 Å². The van der Waals surface area contributed by atoms with Gasteiger partial charge in [0.05, 0.1) is 11.3 Å². The van der Waals surface area contributed by atoms with Crippen LogP contribution in [0.5, 0.6) is 0 Å². The number of carbonyl (C=O) groups is 1. The molecule has 0 N–H and O–H groups in total. The Morgan fingerprint density at radius 2 is 2.12 bits per heavy atom. The summed E-state index contributed by atoms with van der Waals surface area (Å²) < 4.78 is 13.1. The van der Waals surface area contributed by atoms with Gasteiger partial charge in [-0.15, -0.1) is 0 Å². The number of aldehydes is 1. The van der Waals surface area contributed by atoms with Gasteiger partial charge in [-0.05, 0) is 36.8 Å². The predicted octanol–water partition coefficient (Wildman–Crippen LogP) is 3.01. The summed E-state index contributed by atoms with van der Waals surface area (Å²) in [5.41, 5.74) is 2.57. The average molecular weight is 215 g/mol. The van der Waals surface area contributed by atoms with Crippen LogP contribution in [0.2, 0.25) is 0 Å². The van der Waals surface area contributed by atoms with Crippen LogP contribution < -0.4 is 0 Å². The van der Waals surface area contributed by atoms with E-state index in [1.807, 2.05) is 19.1 Å². The summed E-state index contributed by atoms with van der Waals surface area (Å²) in [5.74, 6) is -0.507. The highest BCUT2D eigenvalue weighted by atomic mass is 19.1. The van der Waals surface area contributed by atoms with Crippen LogP contribution in [-0.2, 0) is 0 Å². The zero-order chi connectivity index (χ0) is 11.5. The van der Waals surface area contributed by atoms with Crippen molar-refractivity contribution in [1.29, 1.82) is 0 Å². The fourth-order valence-corrected chi connectivity index (χ4v) is 1.57. The minimum atomic E-state index is -0.507. The lowest BCUT2D eigenvalue weighted by molar-refractivity contribution is 0.112. The van der Waals surface area contributed by atoms with Crippen LogP contribution >= 0.6 is 0 Å². The number of carbonyl (C=O) groups excluding carboxylic acids is 1. The first-order chi connectivity index (χ1) is 7.72. The van der Waals surface area contributed by atoms with Gasteiger partial charge in [-0.25, -0.2) is 4.39 Å². The molecular weight excluding hydrogens is 205 g/mol. The number of halogens is 1. The molecule has 0 aliphatic carbocycles. The van der Waals surface area contributed by atoms with Gasteiger partial charge in [-0.2, -0.15) is 0 Å². The molecule has 0 unspecified atom stereocenters. The van der Waals surface area contributed by atoms with E-state index < -0.39 is 5.82 Å². The highest BCUT2D eigenvalue weighted by Gasteiger charge is 2.06. The molecule has 1 aromatic carbocycles. The van der Waals surface area contributed by atoms with Crippen molar-refractivity contribution < 1.29 is 9.18 Å². The van der Waals surface area contributed by atoms with Gasteiger partial charge in [0.15, 0.2) is 6.29 Å². The minimum absolute atomic E-state index is 0.0579. The second-order valence-electron chi connectivity index (χ2n) is 3.52. The van der Waals surface area contributed by atoms with Gasteiger partial charge in [0.25, 0.3) is 0 Å². The smallest absolute Gasteiger partial charge is 0.153 e. The molecule has 0 saturated carbocycles. The molecule has 0 spiro atoms. The molecule has 0 radical (unpaired) electrons. The van der Waals surface area contributed by atoms with Gasteiger partial charge in [0.1, 0.15) is 5.82 Å². The molecule has 0 saturated heterocycles. The molecule has 0 bridgehead atoms. The summed E-state index contributed by atoms with van der Waals surface area (Å²) in [5, 5.41) is 0. The molecule has 2 aromatic rings. The molecule has 0 fully saturated rings. The maximum absolute atomic E-state index is 13.1. The zero-order valence-electron chi connectivity index (χ0n) is 8.77. The summed E-state index contributed by atoms with van der Waals surface area (Å²) in [6.45, 7) is 1.92. The molecule has 0 aliphatic heterocycles. The summed E-state index contributed by atoms with van der Waals surface area (Å²) in [4.78, 5) is 14.9. The quantitative estimate of drug-likeness (QED) is 0.721. The molecule has 0 aliphatic rings. The van der Waals surface area contributed by atoms with Gasteiger partial charge >= 0.3 is 0 Å². The Balaban J connectivity index is 2.57. The third-order valence-corrected chi connectivity index (χ3v) is 2.41. The van der Waals surface area contributed by atoms with Crippen LogP contribution in [0.1, 0.15) is 15.9 Å². The number of hydrogen-bond donors (Lipinski definition) is 0. The van der Waals surface area contributed by atoms with Crippen molar-refractivity contribution in [3.05, 3.63) is 53.5 Å². The van der Waals surface area contributed by atoms with Crippen molar-refractivity contribution in [3.63, 3.8) is 0 Å². The van der Waals surface area contributed by atoms with Crippen molar-refractivity contribution in [3.8, 4) is 11.3 Å². The number of benzene rings is 1. The van der Waals surface area contributed by atoms with Gasteiger partial charge in [0, 0.05) is 11.8 Å². The summed E-state index contributed by atoms with van der Waals surface area (Å²) >= 11 is 0. The van der Waals surface area contributed by atoms with Crippen LogP contribution in [0.25, 0.3) is 11.3 Å². The molecule has 0 amide bonds. The van der Waals surface area contributed by atoms with Gasteiger partial charge in [-0.1, -0.05) is 6.07 Å². The Hall–Kier alpha value is -2.03. The van der Waals surface area contributed by atoms with E-state index in [2.05, 4.69) is 4.98 Å². The number of rotatable bonds is 2. The molecule has 3 heteroatoms. The van der Waals surface area contributed by atoms with Crippen LogP contribution in [0.3, 0.4) is 0 Å². The first-order valence-corrected chi connectivity index (χ1v) is 4.89. The molecule has 16 heavy (non-hydrogen) atoms. The molecule has 1 heterocycles. The first kappa shape index (κ1) is 10.5. The van der Waals surface area contributed by atoms with E-state index in [4.69, 9.17) is 0 Å². The highest BCUT2D eigenvalue weighted by molar-refractivity contribution is 5.79. The third kappa shape index (κ3) is 1.84. The van der Waals surface area contributed by atoms with E-state index >= 15 is 0 Å². The van der Waals surface area contributed by atoms with Gasteiger partial charge in [-0.3, -0.25) is 9.78 Å². The van der Waals surface area contributed by atoms with E-state index in [-0.39, 0.29) is 5.56 Å². The molecular formula is C13H10FNO. The topological polar surface area (TPSA) is 30.0 Å². The standard InChI is InChI=1S/C13H10FNO/c1-9-3-2-6-15-13(9)10-4-5-12(14)11(7-10)8-16/h2-8H,1H3. The maximum Gasteiger partial charge on any atom is 0.153 e. The lowest BCUT2D eigenvalue weighted by atomic mass is 10.0. The molecule has 2 rings (SSSR count). The molecule has 80 valence electrons. The van der Waals surface area contributed by atoms with E-state index in [1.165, 1.54) is 12.1 Å². The molecule has 1 aromatic heterocycles. The van der Waals surface area contributed by atoms with Crippen molar-refractivity contribution in [2.24, 2.45) is 0 Å². The van der Waals surface area contributed by atoms with E-state index in [1.54, 1.807) is 12.3 Å². The Morgan fingerprint density at radius 1 is 1.31 bits per heavy atom. The number of aromatic nitrogens is 1. The molecule has 0 atom stereocenters. The lowest BCUT2D eigenvalue weighted by Gasteiger charge is -2.05. The second kappa shape index (κ2) is 4.23. The summed E-state index contributed by atoms with van der Waals surface area (Å²) in [6.07, 6.45) is 2.18. The van der Waals surface area contributed by atoms with Crippen LogP contribution in [0.15, 0.2) is 36.5 Å². The van der Waals surface area contributed by atoms with Crippen molar-refractivity contribution in [1.82, 2.24) is 4.98 Å². The Morgan fingerprint density at radius 3 is 2.81 bits per heavy atom. The number of hydrogen-bond acceptors (Lipinski definition) is 2. The summed E-state index contributed by atoms with van der Waals surface area (Å²) in [6, 6.07) is 8.18. The van der Waals surface area contributed by atoms with E-state index in [9.17, 15) is 9.18 Å². The number of pyridine rings is 1. The van der Waals surface area contributed by atoms with Crippen molar-refractivity contribution >= 4 is 6.29 Å². The Kier molecular flexibility index (Phi) is 2.77. The Labute approximate surface area is 92.8 Å². The van der Waals surface area contributed by atoms with E-state index in [0.29, 0.717) is 6.29 Å². The van der Waals surface area contributed by atoms with Crippen molar-refractivity contribution in [2.45, 2.75) is 6.92 Å². The highest BCUT2D eigenvalue weighted by Crippen LogP contribution is 2.22. The van der Waals surface area contributed by atoms with Crippen LogP contribution in [0.4, 0.5) is 4.39 Å². The lowest BCUT2D eigenvalue weighted by Crippen LogP contribution is -1.92. The number of aryl methyl sites for hydroxylation is 1. The van der Waals surface area contributed by atoms with E-state index in [0.717, 1.165) is 16.8 Å². The predicted molar refractivity (Wildman–Crippen MR) is 59.8 cm³/mol. The Bertz CT molecular complexity index is 537. The average Bonchev–Trinajstić information content (AvgIpc) is 2.31. The van der Waals surface area contributed by atoms with Gasteiger partial charge < -0.3 is 0 Å². The SMILES string of the molecule is Cc1cccnc1-c1ccc(F)c(C=O)c1. The maximum atomic E-state index is 13.1. The van der Waals surface area contributed by atoms with Crippen LogP contribution in [0, 0.1) is 12.7 Å². The first-order valence-electron chi connectivity index (χ1n) is 4.89. The monoisotopic (exact) mass is 215 g/mol. The van der Waals surface area contributed by atoms with Crippen LogP contribution in [-0.4, -0.2) is 11.3 Å². The fourth-order valence-electron chi connectivity index (χ4n) is 1.57. The third-order valence-electron chi connectivity index (χ3n) is 2.41. The number of nitrogens with zero attached hydrogens (tertiary/aromatic N) is 1. The fraction of sp³-hybridized carbons (Fsp3) is 0.0769. The minimum Gasteiger partial charge on any atom is -0.298 e. The zero-order valence-corrected chi connectivity index (χ0v) is 8.77. The second-order valence-corrected chi connectivity index (χ2v) is 3.52. The largest absolute Gasteiger partial charge is 0.298 e. The molecule has 2 nitrogen and oxygen atoms in total. The van der Waals surface area contributed by atoms with Crippen molar-refractivity contribution in [2.75, 3.05) is 0 Å².